The molecular weight excluding hydrogens is 349 g/mol. The van der Waals surface area contributed by atoms with E-state index in [9.17, 15) is 9.18 Å². The van der Waals surface area contributed by atoms with Crippen LogP contribution in [0.25, 0.3) is 0 Å². The second-order valence-corrected chi connectivity index (χ2v) is 6.06. The number of nitrogens with one attached hydrogen (secondary N) is 1. The number of piperazine rings is 1. The van der Waals surface area contributed by atoms with Crippen LogP contribution in [0.15, 0.2) is 49.1 Å². The molecule has 1 aromatic carbocycles. The summed E-state index contributed by atoms with van der Waals surface area (Å²) in [5.74, 6) is 0.736. The molecule has 1 aliphatic heterocycles. The Hall–Kier alpha value is -3.29. The molecule has 0 unspecified atom stereocenters. The number of hydrogen-bond acceptors (Lipinski definition) is 6. The molecule has 2 aromatic rings. The van der Waals surface area contributed by atoms with E-state index in [-0.39, 0.29) is 18.2 Å². The van der Waals surface area contributed by atoms with Gasteiger partial charge in [0.05, 0.1) is 5.69 Å². The minimum atomic E-state index is -0.607. The Bertz CT molecular complexity index is 804. The molecule has 1 amide bonds. The molecule has 8 heteroatoms. The van der Waals surface area contributed by atoms with Gasteiger partial charge in [0.1, 0.15) is 24.1 Å². The number of amides is 1. The molecule has 3 rings (SSSR count). The van der Waals surface area contributed by atoms with Gasteiger partial charge in [-0.3, -0.25) is 5.32 Å². The molecule has 1 aliphatic rings. The van der Waals surface area contributed by atoms with E-state index in [2.05, 4.69) is 26.7 Å². The number of carbonyl (C=O) groups is 1. The second kappa shape index (κ2) is 8.39. The van der Waals surface area contributed by atoms with Gasteiger partial charge in [-0.2, -0.15) is 0 Å². The SMILES string of the molecule is C=CCOC(=O)Nc1ccc(N2CCN(c3ccc(F)cc3)CC2)nc1N. The third-order valence-electron chi connectivity index (χ3n) is 4.27. The van der Waals surface area contributed by atoms with Crippen molar-refractivity contribution in [2.75, 3.05) is 53.6 Å². The predicted octanol–water partition coefficient (Wildman–Crippen LogP) is 2.86. The van der Waals surface area contributed by atoms with Crippen molar-refractivity contribution >= 4 is 29.1 Å². The standard InChI is InChI=1S/C19H22FN5O2/c1-2-13-27-19(26)22-16-7-8-17(23-18(16)21)25-11-9-24(10-12-25)15-5-3-14(20)4-6-15/h2-8H,1,9-13H2,(H2,21,23)(H,22,26). The number of hydrogen-bond donors (Lipinski definition) is 2. The Kier molecular flexibility index (Phi) is 5.75. The van der Waals surface area contributed by atoms with Crippen molar-refractivity contribution in [2.24, 2.45) is 0 Å². The molecule has 2 heterocycles. The third kappa shape index (κ3) is 4.66. The summed E-state index contributed by atoms with van der Waals surface area (Å²) in [4.78, 5) is 20.3. The molecule has 1 aromatic heterocycles. The van der Waals surface area contributed by atoms with Crippen molar-refractivity contribution in [3.05, 3.63) is 54.9 Å². The molecule has 27 heavy (non-hydrogen) atoms. The zero-order valence-electron chi connectivity index (χ0n) is 14.9. The van der Waals surface area contributed by atoms with Gasteiger partial charge in [0.15, 0.2) is 0 Å². The van der Waals surface area contributed by atoms with Crippen LogP contribution in [0, 0.1) is 5.82 Å². The van der Waals surface area contributed by atoms with Crippen molar-refractivity contribution < 1.29 is 13.9 Å². The number of rotatable bonds is 5. The molecule has 3 N–H and O–H groups in total. The summed E-state index contributed by atoms with van der Waals surface area (Å²) >= 11 is 0. The molecular formula is C19H22FN5O2. The lowest BCUT2D eigenvalue weighted by Crippen LogP contribution is -2.46. The van der Waals surface area contributed by atoms with Crippen LogP contribution in [0.2, 0.25) is 0 Å². The lowest BCUT2D eigenvalue weighted by Gasteiger charge is -2.36. The summed E-state index contributed by atoms with van der Waals surface area (Å²) in [6.45, 7) is 6.71. The van der Waals surface area contributed by atoms with Crippen LogP contribution in [-0.2, 0) is 4.74 Å². The largest absolute Gasteiger partial charge is 0.445 e. The van der Waals surface area contributed by atoms with Gasteiger partial charge in [-0.05, 0) is 36.4 Å². The van der Waals surface area contributed by atoms with Gasteiger partial charge < -0.3 is 20.3 Å². The summed E-state index contributed by atoms with van der Waals surface area (Å²) in [5.41, 5.74) is 7.37. The summed E-state index contributed by atoms with van der Waals surface area (Å²) in [7, 11) is 0. The van der Waals surface area contributed by atoms with Gasteiger partial charge in [0.25, 0.3) is 0 Å². The van der Waals surface area contributed by atoms with Gasteiger partial charge in [-0.1, -0.05) is 12.7 Å². The molecule has 1 saturated heterocycles. The molecule has 0 radical (unpaired) electrons. The van der Waals surface area contributed by atoms with E-state index in [1.807, 2.05) is 6.07 Å². The summed E-state index contributed by atoms with van der Waals surface area (Å²) in [5, 5.41) is 2.55. The normalized spacial score (nSPS) is 14.0. The Balaban J connectivity index is 1.59. The Labute approximate surface area is 157 Å². The molecule has 0 spiro atoms. The second-order valence-electron chi connectivity index (χ2n) is 6.06. The van der Waals surface area contributed by atoms with Gasteiger partial charge in [-0.15, -0.1) is 0 Å². The van der Waals surface area contributed by atoms with E-state index in [4.69, 9.17) is 10.5 Å². The molecule has 7 nitrogen and oxygen atoms in total. The first-order chi connectivity index (χ1) is 13.1. The van der Waals surface area contributed by atoms with Crippen molar-refractivity contribution in [1.29, 1.82) is 0 Å². The average molecular weight is 371 g/mol. The van der Waals surface area contributed by atoms with Crippen molar-refractivity contribution in [2.45, 2.75) is 0 Å². The number of pyridine rings is 1. The van der Waals surface area contributed by atoms with Crippen molar-refractivity contribution in [3.63, 3.8) is 0 Å². The van der Waals surface area contributed by atoms with Gasteiger partial charge >= 0.3 is 6.09 Å². The van der Waals surface area contributed by atoms with Crippen molar-refractivity contribution in [3.8, 4) is 0 Å². The highest BCUT2D eigenvalue weighted by atomic mass is 19.1. The minimum Gasteiger partial charge on any atom is -0.445 e. The lowest BCUT2D eigenvalue weighted by molar-refractivity contribution is 0.174. The molecule has 1 fully saturated rings. The maximum Gasteiger partial charge on any atom is 0.412 e. The van der Waals surface area contributed by atoms with Crippen LogP contribution in [-0.4, -0.2) is 43.9 Å². The number of ether oxygens (including phenoxy) is 1. The van der Waals surface area contributed by atoms with E-state index < -0.39 is 6.09 Å². The number of nitrogens with two attached hydrogens (primary N) is 1. The quantitative estimate of drug-likeness (QED) is 0.787. The highest BCUT2D eigenvalue weighted by molar-refractivity contribution is 5.88. The number of nitrogens with zero attached hydrogens (tertiary/aromatic N) is 3. The fourth-order valence-corrected chi connectivity index (χ4v) is 2.87. The highest BCUT2D eigenvalue weighted by Crippen LogP contribution is 2.24. The number of aromatic nitrogens is 1. The first-order valence-corrected chi connectivity index (χ1v) is 8.63. The van der Waals surface area contributed by atoms with Crippen LogP contribution >= 0.6 is 0 Å². The molecule has 0 saturated carbocycles. The molecule has 142 valence electrons. The van der Waals surface area contributed by atoms with Crippen molar-refractivity contribution in [1.82, 2.24) is 4.98 Å². The van der Waals surface area contributed by atoms with Gasteiger partial charge in [0.2, 0.25) is 0 Å². The Morgan fingerprint density at radius 3 is 2.48 bits per heavy atom. The zero-order valence-corrected chi connectivity index (χ0v) is 14.9. The van der Waals surface area contributed by atoms with E-state index in [1.54, 1.807) is 18.2 Å². The van der Waals surface area contributed by atoms with Crippen LogP contribution < -0.4 is 20.9 Å². The van der Waals surface area contributed by atoms with Crippen LogP contribution in [0.1, 0.15) is 0 Å². The van der Waals surface area contributed by atoms with Crippen LogP contribution in [0.5, 0.6) is 0 Å². The zero-order chi connectivity index (χ0) is 19.2. The fourth-order valence-electron chi connectivity index (χ4n) is 2.87. The van der Waals surface area contributed by atoms with E-state index >= 15 is 0 Å². The molecule has 0 aliphatic carbocycles. The topological polar surface area (TPSA) is 83.7 Å². The van der Waals surface area contributed by atoms with E-state index in [1.165, 1.54) is 18.2 Å². The number of benzene rings is 1. The van der Waals surface area contributed by atoms with Gasteiger partial charge in [0, 0.05) is 31.9 Å². The number of carbonyl (C=O) groups excluding carboxylic acids is 1. The van der Waals surface area contributed by atoms with E-state index in [0.29, 0.717) is 5.69 Å². The lowest BCUT2D eigenvalue weighted by atomic mass is 10.2. The summed E-state index contributed by atoms with van der Waals surface area (Å²) < 4.78 is 17.9. The predicted molar refractivity (Wildman–Crippen MR) is 105 cm³/mol. The molecule has 0 atom stereocenters. The molecule has 0 bridgehead atoms. The summed E-state index contributed by atoms with van der Waals surface area (Å²) in [6, 6.07) is 10.0. The average Bonchev–Trinajstić information content (AvgIpc) is 2.69. The maximum atomic E-state index is 13.1. The Morgan fingerprint density at radius 1 is 1.19 bits per heavy atom. The first-order valence-electron chi connectivity index (χ1n) is 8.63. The number of anilines is 4. The van der Waals surface area contributed by atoms with Crippen LogP contribution in [0.4, 0.5) is 32.2 Å². The monoisotopic (exact) mass is 371 g/mol. The smallest absolute Gasteiger partial charge is 0.412 e. The third-order valence-corrected chi connectivity index (χ3v) is 4.27. The maximum absolute atomic E-state index is 13.1. The van der Waals surface area contributed by atoms with Gasteiger partial charge in [-0.25, -0.2) is 14.2 Å². The number of nitrogen functional groups attached to an aromatic ring is 1. The Morgan fingerprint density at radius 2 is 1.85 bits per heavy atom. The highest BCUT2D eigenvalue weighted by Gasteiger charge is 2.19. The first kappa shape index (κ1) is 18.5. The van der Waals surface area contributed by atoms with E-state index in [0.717, 1.165) is 37.7 Å². The fraction of sp³-hybridized carbons (Fsp3) is 0.263. The number of halogens is 1. The van der Waals surface area contributed by atoms with Crippen LogP contribution in [0.3, 0.4) is 0 Å². The minimum absolute atomic E-state index is 0.121. The summed E-state index contributed by atoms with van der Waals surface area (Å²) in [6.07, 6.45) is 0.875.